The van der Waals surface area contributed by atoms with Crippen molar-refractivity contribution in [3.8, 4) is 0 Å². The Hall–Kier alpha value is -0.0400. The SMILES string of the molecule is CC(C)C1(CNC2CCCCCCCCCCC2)CC1. The molecule has 20 heavy (non-hydrogen) atoms. The molecule has 2 fully saturated rings. The Morgan fingerprint density at radius 2 is 1.25 bits per heavy atom. The first kappa shape index (κ1) is 16.3. The summed E-state index contributed by atoms with van der Waals surface area (Å²) in [6, 6.07) is 0.811. The zero-order valence-electron chi connectivity index (χ0n) is 14.1. The third-order valence-corrected chi connectivity index (χ3v) is 5.96. The Morgan fingerprint density at radius 1 is 0.800 bits per heavy atom. The van der Waals surface area contributed by atoms with Gasteiger partial charge < -0.3 is 5.32 Å². The second-order valence-electron chi connectivity index (χ2n) is 7.85. The van der Waals surface area contributed by atoms with Crippen molar-refractivity contribution in [2.24, 2.45) is 11.3 Å². The van der Waals surface area contributed by atoms with E-state index in [1.54, 1.807) is 0 Å². The van der Waals surface area contributed by atoms with Crippen LogP contribution in [0.25, 0.3) is 0 Å². The molecule has 0 aromatic heterocycles. The summed E-state index contributed by atoms with van der Waals surface area (Å²) in [6.45, 7) is 6.11. The molecule has 118 valence electrons. The lowest BCUT2D eigenvalue weighted by Crippen LogP contribution is -2.36. The molecule has 0 radical (unpaired) electrons. The summed E-state index contributed by atoms with van der Waals surface area (Å²) < 4.78 is 0. The zero-order valence-corrected chi connectivity index (χ0v) is 14.1. The van der Waals surface area contributed by atoms with E-state index in [1.807, 2.05) is 0 Å². The lowest BCUT2D eigenvalue weighted by molar-refractivity contribution is 0.302. The molecular weight excluding hydrogens is 242 g/mol. The molecule has 0 atom stereocenters. The fourth-order valence-corrected chi connectivity index (χ4v) is 3.83. The van der Waals surface area contributed by atoms with E-state index in [4.69, 9.17) is 0 Å². The van der Waals surface area contributed by atoms with Crippen molar-refractivity contribution in [2.75, 3.05) is 6.54 Å². The Morgan fingerprint density at radius 3 is 1.65 bits per heavy atom. The van der Waals surface area contributed by atoms with Crippen LogP contribution in [0.4, 0.5) is 0 Å². The first-order valence-corrected chi connectivity index (χ1v) is 9.46. The van der Waals surface area contributed by atoms with Gasteiger partial charge in [-0.25, -0.2) is 0 Å². The van der Waals surface area contributed by atoms with Crippen molar-refractivity contribution in [3.05, 3.63) is 0 Å². The van der Waals surface area contributed by atoms with Crippen molar-refractivity contribution in [1.29, 1.82) is 0 Å². The fourth-order valence-electron chi connectivity index (χ4n) is 3.83. The normalized spacial score (nSPS) is 25.9. The number of nitrogens with one attached hydrogen (secondary N) is 1. The van der Waals surface area contributed by atoms with Gasteiger partial charge in [-0.2, -0.15) is 0 Å². The molecule has 0 bridgehead atoms. The van der Waals surface area contributed by atoms with Gasteiger partial charge in [0.05, 0.1) is 0 Å². The molecule has 0 aromatic rings. The second-order valence-corrected chi connectivity index (χ2v) is 7.85. The molecule has 2 aliphatic rings. The molecule has 0 heterocycles. The van der Waals surface area contributed by atoms with Crippen molar-refractivity contribution in [2.45, 2.75) is 103 Å². The van der Waals surface area contributed by atoms with Crippen LogP contribution in [0.2, 0.25) is 0 Å². The minimum atomic E-state index is 0.670. The molecule has 2 saturated carbocycles. The highest BCUT2D eigenvalue weighted by molar-refractivity contribution is 4.97. The van der Waals surface area contributed by atoms with E-state index in [0.29, 0.717) is 5.41 Å². The van der Waals surface area contributed by atoms with Gasteiger partial charge in [0.1, 0.15) is 0 Å². The van der Waals surface area contributed by atoms with Gasteiger partial charge in [0.15, 0.2) is 0 Å². The Bertz CT molecular complexity index is 242. The van der Waals surface area contributed by atoms with Crippen LogP contribution in [-0.2, 0) is 0 Å². The number of hydrogen-bond acceptors (Lipinski definition) is 1. The van der Waals surface area contributed by atoms with Gasteiger partial charge in [-0.15, -0.1) is 0 Å². The highest BCUT2D eigenvalue weighted by Crippen LogP contribution is 2.51. The maximum Gasteiger partial charge on any atom is 0.00672 e. The molecule has 0 aliphatic heterocycles. The number of hydrogen-bond donors (Lipinski definition) is 1. The maximum atomic E-state index is 3.96. The summed E-state index contributed by atoms with van der Waals surface area (Å²) in [7, 11) is 0. The van der Waals surface area contributed by atoms with Crippen LogP contribution in [0.15, 0.2) is 0 Å². The van der Waals surface area contributed by atoms with Gasteiger partial charge >= 0.3 is 0 Å². The molecule has 1 heteroatoms. The van der Waals surface area contributed by atoms with Crippen LogP contribution in [-0.4, -0.2) is 12.6 Å². The lowest BCUT2D eigenvalue weighted by atomic mass is 9.91. The van der Waals surface area contributed by atoms with Crippen LogP contribution in [0, 0.1) is 11.3 Å². The van der Waals surface area contributed by atoms with Crippen LogP contribution in [0.1, 0.15) is 97.3 Å². The Balaban J connectivity index is 1.71. The number of rotatable bonds is 4. The van der Waals surface area contributed by atoms with Gasteiger partial charge in [0.2, 0.25) is 0 Å². The summed E-state index contributed by atoms with van der Waals surface area (Å²) >= 11 is 0. The highest BCUT2D eigenvalue weighted by Gasteiger charge is 2.44. The smallest absolute Gasteiger partial charge is 0.00672 e. The first-order chi connectivity index (χ1) is 9.73. The summed E-state index contributed by atoms with van der Waals surface area (Å²) in [5.74, 6) is 0.862. The molecular formula is C19H37N. The minimum Gasteiger partial charge on any atom is -0.313 e. The highest BCUT2D eigenvalue weighted by atomic mass is 14.9. The van der Waals surface area contributed by atoms with Crippen LogP contribution in [0.3, 0.4) is 0 Å². The van der Waals surface area contributed by atoms with Crippen LogP contribution in [0.5, 0.6) is 0 Å². The predicted octanol–water partition coefficient (Wildman–Crippen LogP) is 5.69. The van der Waals surface area contributed by atoms with Crippen LogP contribution < -0.4 is 5.32 Å². The van der Waals surface area contributed by atoms with Gasteiger partial charge in [-0.3, -0.25) is 0 Å². The minimum absolute atomic E-state index is 0.670. The molecule has 1 N–H and O–H groups in total. The molecule has 0 amide bonds. The van der Waals surface area contributed by atoms with Crippen molar-refractivity contribution < 1.29 is 0 Å². The molecule has 0 spiro atoms. The van der Waals surface area contributed by atoms with Gasteiger partial charge in [-0.1, -0.05) is 71.6 Å². The Kier molecular flexibility index (Phi) is 6.87. The van der Waals surface area contributed by atoms with E-state index in [1.165, 1.54) is 90.0 Å². The third-order valence-electron chi connectivity index (χ3n) is 5.96. The van der Waals surface area contributed by atoms with E-state index in [9.17, 15) is 0 Å². The van der Waals surface area contributed by atoms with E-state index in [-0.39, 0.29) is 0 Å². The van der Waals surface area contributed by atoms with E-state index >= 15 is 0 Å². The quantitative estimate of drug-likeness (QED) is 0.697. The monoisotopic (exact) mass is 279 g/mol. The summed E-state index contributed by atoms with van der Waals surface area (Å²) in [6.07, 6.45) is 19.0. The lowest BCUT2D eigenvalue weighted by Gasteiger charge is -2.25. The molecule has 0 saturated heterocycles. The molecule has 2 rings (SSSR count). The average Bonchev–Trinajstić information content (AvgIpc) is 3.19. The standard InChI is InChI=1S/C19H37N/c1-17(2)19(14-15-19)16-20-18-12-10-8-6-4-3-5-7-9-11-13-18/h17-18,20H,3-16H2,1-2H3. The zero-order chi connectivity index (χ0) is 14.3. The Labute approximate surface area is 127 Å². The summed E-state index contributed by atoms with van der Waals surface area (Å²) in [5, 5.41) is 3.96. The van der Waals surface area contributed by atoms with Crippen molar-refractivity contribution in [1.82, 2.24) is 5.32 Å². The van der Waals surface area contributed by atoms with E-state index < -0.39 is 0 Å². The molecule has 2 aliphatic carbocycles. The summed E-state index contributed by atoms with van der Waals surface area (Å²) in [5.41, 5.74) is 0.670. The summed E-state index contributed by atoms with van der Waals surface area (Å²) in [4.78, 5) is 0. The predicted molar refractivity (Wildman–Crippen MR) is 89.1 cm³/mol. The second kappa shape index (κ2) is 8.41. The molecule has 0 unspecified atom stereocenters. The molecule has 1 nitrogen and oxygen atoms in total. The van der Waals surface area contributed by atoms with Gasteiger partial charge in [0.25, 0.3) is 0 Å². The molecule has 0 aromatic carbocycles. The van der Waals surface area contributed by atoms with Crippen molar-refractivity contribution in [3.63, 3.8) is 0 Å². The maximum absolute atomic E-state index is 3.96. The van der Waals surface area contributed by atoms with Crippen molar-refractivity contribution >= 4 is 0 Å². The van der Waals surface area contributed by atoms with Gasteiger partial charge in [-0.05, 0) is 37.0 Å². The van der Waals surface area contributed by atoms with E-state index in [2.05, 4.69) is 19.2 Å². The van der Waals surface area contributed by atoms with Gasteiger partial charge in [0, 0.05) is 12.6 Å². The van der Waals surface area contributed by atoms with Crippen LogP contribution >= 0.6 is 0 Å². The fraction of sp³-hybridized carbons (Fsp3) is 1.00. The van der Waals surface area contributed by atoms with E-state index in [0.717, 1.165) is 12.0 Å². The first-order valence-electron chi connectivity index (χ1n) is 9.46. The third kappa shape index (κ3) is 5.39. The topological polar surface area (TPSA) is 12.0 Å². The average molecular weight is 280 g/mol. The largest absolute Gasteiger partial charge is 0.313 e.